The van der Waals surface area contributed by atoms with Crippen LogP contribution in [-0.4, -0.2) is 57.3 Å². The monoisotopic (exact) mass is 413 g/mol. The van der Waals surface area contributed by atoms with Gasteiger partial charge in [0.25, 0.3) is 0 Å². The molecule has 0 amide bonds. The minimum absolute atomic E-state index is 0.0523. The van der Waals surface area contributed by atoms with Crippen molar-refractivity contribution in [3.8, 4) is 0 Å². The summed E-state index contributed by atoms with van der Waals surface area (Å²) < 4.78 is 29.5. The summed E-state index contributed by atoms with van der Waals surface area (Å²) >= 11 is 2.05. The molecule has 2 saturated heterocycles. The van der Waals surface area contributed by atoms with E-state index in [4.69, 9.17) is 4.74 Å². The van der Waals surface area contributed by atoms with Crippen LogP contribution >= 0.6 is 11.8 Å². The SMILES string of the molecule is CC(C)OC1NCC(NCC2CCCS2)NC1c1ccc(S(C)(=O)=O)cc1. The highest BCUT2D eigenvalue weighted by Gasteiger charge is 2.32. The summed E-state index contributed by atoms with van der Waals surface area (Å²) in [5, 5.41) is 11.5. The second-order valence-electron chi connectivity index (χ2n) is 7.60. The molecule has 2 heterocycles. The molecule has 0 bridgehead atoms. The van der Waals surface area contributed by atoms with Gasteiger partial charge in [0.15, 0.2) is 9.84 Å². The van der Waals surface area contributed by atoms with Crippen molar-refractivity contribution in [1.29, 1.82) is 0 Å². The summed E-state index contributed by atoms with van der Waals surface area (Å²) in [6, 6.07) is 7.04. The Balaban J connectivity index is 1.69. The average Bonchev–Trinajstić information content (AvgIpc) is 3.13. The quantitative estimate of drug-likeness (QED) is 0.630. The van der Waals surface area contributed by atoms with Crippen LogP contribution in [0, 0.1) is 0 Å². The van der Waals surface area contributed by atoms with Crippen molar-refractivity contribution in [3.63, 3.8) is 0 Å². The molecule has 0 spiro atoms. The van der Waals surface area contributed by atoms with Crippen molar-refractivity contribution >= 4 is 21.6 Å². The maximum absolute atomic E-state index is 11.7. The number of rotatable bonds is 7. The molecule has 1 aromatic carbocycles. The molecule has 2 aliphatic heterocycles. The van der Waals surface area contributed by atoms with Gasteiger partial charge in [0, 0.05) is 24.6 Å². The third kappa shape index (κ3) is 5.92. The molecule has 0 saturated carbocycles. The number of thioether (sulfide) groups is 1. The van der Waals surface area contributed by atoms with Crippen molar-refractivity contribution in [1.82, 2.24) is 16.0 Å². The lowest BCUT2D eigenvalue weighted by Gasteiger charge is -2.40. The highest BCUT2D eigenvalue weighted by molar-refractivity contribution is 8.00. The summed E-state index contributed by atoms with van der Waals surface area (Å²) in [4.78, 5) is 0.337. The standard InChI is InChI=1S/C19H31N3O3S2/c1-13(2)25-19-18(14-6-8-16(9-7-14)27(3,23)24)22-17(12-21-19)20-11-15-5-4-10-26-15/h6-9,13,15,17-22H,4-5,10-12H2,1-3H3. The molecule has 4 atom stereocenters. The van der Waals surface area contributed by atoms with Crippen molar-refractivity contribution in [2.24, 2.45) is 0 Å². The van der Waals surface area contributed by atoms with Crippen LogP contribution in [0.2, 0.25) is 0 Å². The average molecular weight is 414 g/mol. The van der Waals surface area contributed by atoms with Crippen molar-refractivity contribution < 1.29 is 13.2 Å². The molecule has 4 unspecified atom stereocenters. The number of sulfone groups is 1. The molecular formula is C19H31N3O3S2. The molecular weight excluding hydrogens is 382 g/mol. The maximum atomic E-state index is 11.7. The fourth-order valence-electron chi connectivity index (χ4n) is 3.54. The largest absolute Gasteiger partial charge is 0.359 e. The van der Waals surface area contributed by atoms with Gasteiger partial charge >= 0.3 is 0 Å². The Bertz CT molecular complexity index is 703. The van der Waals surface area contributed by atoms with Gasteiger partial charge in [-0.2, -0.15) is 11.8 Å². The molecule has 2 fully saturated rings. The molecule has 1 aromatic rings. The molecule has 2 aliphatic rings. The number of nitrogens with one attached hydrogen (secondary N) is 3. The highest BCUT2D eigenvalue weighted by atomic mass is 32.2. The van der Waals surface area contributed by atoms with Crippen molar-refractivity contribution in [3.05, 3.63) is 29.8 Å². The Labute approximate surface area is 167 Å². The number of piperazine rings is 1. The van der Waals surface area contributed by atoms with E-state index in [0.29, 0.717) is 10.1 Å². The van der Waals surface area contributed by atoms with Gasteiger partial charge in [-0.25, -0.2) is 8.42 Å². The first-order chi connectivity index (χ1) is 12.8. The minimum atomic E-state index is -3.19. The molecule has 0 aliphatic carbocycles. The van der Waals surface area contributed by atoms with E-state index < -0.39 is 9.84 Å². The van der Waals surface area contributed by atoms with E-state index in [1.165, 1.54) is 24.9 Å². The Kier molecular flexibility index (Phi) is 7.21. The molecule has 8 heteroatoms. The van der Waals surface area contributed by atoms with E-state index in [9.17, 15) is 8.42 Å². The van der Waals surface area contributed by atoms with Crippen molar-refractivity contribution in [2.45, 2.75) is 61.4 Å². The second-order valence-corrected chi connectivity index (χ2v) is 11.0. The number of hydrogen-bond acceptors (Lipinski definition) is 7. The van der Waals surface area contributed by atoms with Crippen LogP contribution in [0.4, 0.5) is 0 Å². The van der Waals surface area contributed by atoms with Gasteiger partial charge in [0.05, 0.1) is 23.2 Å². The lowest BCUT2D eigenvalue weighted by molar-refractivity contribution is -0.0522. The summed E-state index contributed by atoms with van der Waals surface area (Å²) in [5.74, 6) is 1.27. The summed E-state index contributed by atoms with van der Waals surface area (Å²) in [7, 11) is -3.19. The molecule has 3 rings (SSSR count). The van der Waals surface area contributed by atoms with E-state index in [1.807, 2.05) is 37.7 Å². The number of benzene rings is 1. The smallest absolute Gasteiger partial charge is 0.175 e. The topological polar surface area (TPSA) is 79.5 Å². The zero-order chi connectivity index (χ0) is 19.4. The van der Waals surface area contributed by atoms with Gasteiger partial charge in [-0.15, -0.1) is 0 Å². The lowest BCUT2D eigenvalue weighted by Crippen LogP contribution is -2.62. The van der Waals surface area contributed by atoms with E-state index in [1.54, 1.807) is 12.1 Å². The van der Waals surface area contributed by atoms with E-state index >= 15 is 0 Å². The van der Waals surface area contributed by atoms with Gasteiger partial charge in [0.2, 0.25) is 0 Å². The normalized spacial score (nSPS) is 29.3. The van der Waals surface area contributed by atoms with Crippen LogP contribution in [0.5, 0.6) is 0 Å². The van der Waals surface area contributed by atoms with Crippen LogP contribution in [0.25, 0.3) is 0 Å². The third-order valence-electron chi connectivity index (χ3n) is 4.91. The molecule has 27 heavy (non-hydrogen) atoms. The van der Waals surface area contributed by atoms with E-state index in [0.717, 1.165) is 18.7 Å². The van der Waals surface area contributed by atoms with E-state index in [-0.39, 0.29) is 24.5 Å². The van der Waals surface area contributed by atoms with Gasteiger partial charge < -0.3 is 4.74 Å². The van der Waals surface area contributed by atoms with Crippen LogP contribution in [0.1, 0.15) is 38.3 Å². The Morgan fingerprint density at radius 3 is 2.63 bits per heavy atom. The first-order valence-electron chi connectivity index (χ1n) is 9.63. The Morgan fingerprint density at radius 1 is 1.30 bits per heavy atom. The van der Waals surface area contributed by atoms with Gasteiger partial charge in [-0.05, 0) is 50.1 Å². The predicted molar refractivity (Wildman–Crippen MR) is 111 cm³/mol. The second kappa shape index (κ2) is 9.24. The molecule has 0 aromatic heterocycles. The summed E-state index contributed by atoms with van der Waals surface area (Å²) in [6.45, 7) is 5.83. The fourth-order valence-corrected chi connectivity index (χ4v) is 5.38. The first-order valence-corrected chi connectivity index (χ1v) is 12.6. The summed E-state index contributed by atoms with van der Waals surface area (Å²) in [5.41, 5.74) is 1.02. The molecule has 152 valence electrons. The van der Waals surface area contributed by atoms with Crippen LogP contribution in [-0.2, 0) is 14.6 Å². The van der Waals surface area contributed by atoms with Gasteiger partial charge in [-0.3, -0.25) is 16.0 Å². The molecule has 0 radical (unpaired) electrons. The number of ether oxygens (including phenoxy) is 1. The zero-order valence-electron chi connectivity index (χ0n) is 16.3. The van der Waals surface area contributed by atoms with Crippen molar-refractivity contribution in [2.75, 3.05) is 25.1 Å². The zero-order valence-corrected chi connectivity index (χ0v) is 17.9. The predicted octanol–water partition coefficient (Wildman–Crippen LogP) is 1.89. The lowest BCUT2D eigenvalue weighted by atomic mass is 10.0. The number of hydrogen-bond donors (Lipinski definition) is 3. The Hall–Kier alpha value is -0.640. The molecule has 3 N–H and O–H groups in total. The fraction of sp³-hybridized carbons (Fsp3) is 0.684. The summed E-state index contributed by atoms with van der Waals surface area (Å²) in [6.07, 6.45) is 3.92. The highest BCUT2D eigenvalue weighted by Crippen LogP contribution is 2.26. The minimum Gasteiger partial charge on any atom is -0.359 e. The van der Waals surface area contributed by atoms with E-state index in [2.05, 4.69) is 16.0 Å². The maximum Gasteiger partial charge on any atom is 0.175 e. The van der Waals surface area contributed by atoms with Crippen LogP contribution in [0.15, 0.2) is 29.2 Å². The van der Waals surface area contributed by atoms with Gasteiger partial charge in [-0.1, -0.05) is 12.1 Å². The molecule has 6 nitrogen and oxygen atoms in total. The van der Waals surface area contributed by atoms with Crippen LogP contribution in [0.3, 0.4) is 0 Å². The first kappa shape index (κ1) is 21.1. The van der Waals surface area contributed by atoms with Gasteiger partial charge in [0.1, 0.15) is 6.23 Å². The third-order valence-corrected chi connectivity index (χ3v) is 7.44. The Morgan fingerprint density at radius 2 is 2.04 bits per heavy atom. The van der Waals surface area contributed by atoms with Crippen LogP contribution < -0.4 is 16.0 Å².